The number of para-hydroxylation sites is 1. The largest absolute Gasteiger partial charge is 0.465 e. The third kappa shape index (κ3) is 7.18. The molecule has 1 aliphatic rings. The maximum atomic E-state index is 12.1. The number of morpholine rings is 1. The number of halogens is 1. The molecule has 1 fully saturated rings. The Hall–Kier alpha value is -2.19. The monoisotopic (exact) mass is 461 g/mol. The van der Waals surface area contributed by atoms with E-state index in [1.807, 2.05) is 36.4 Å². The van der Waals surface area contributed by atoms with E-state index in [0.717, 1.165) is 51.4 Å². The second-order valence-corrected chi connectivity index (χ2v) is 8.15. The molecule has 6 nitrogen and oxygen atoms in total. The maximum absolute atomic E-state index is 12.1. The van der Waals surface area contributed by atoms with E-state index >= 15 is 0 Å². The summed E-state index contributed by atoms with van der Waals surface area (Å²) in [4.78, 5) is 16.6. The molecule has 0 amide bonds. The fourth-order valence-corrected chi connectivity index (χ4v) is 3.84. The molecule has 1 N–H and O–H groups in total. The van der Waals surface area contributed by atoms with Gasteiger partial charge in [-0.05, 0) is 48.5 Å². The van der Waals surface area contributed by atoms with E-state index in [1.165, 1.54) is 7.11 Å². The molecular formula is C23H28ClN3O3S. The minimum Gasteiger partial charge on any atom is -0.465 e. The molecule has 31 heavy (non-hydrogen) atoms. The highest BCUT2D eigenvalue weighted by Crippen LogP contribution is 2.18. The molecule has 3 rings (SSSR count). The van der Waals surface area contributed by atoms with Gasteiger partial charge in [-0.25, -0.2) is 4.79 Å². The summed E-state index contributed by atoms with van der Waals surface area (Å²) in [5.74, 6) is -0.400. The summed E-state index contributed by atoms with van der Waals surface area (Å²) in [6.07, 6.45) is 0.966. The molecule has 0 aromatic heterocycles. The predicted molar refractivity (Wildman–Crippen MR) is 128 cm³/mol. The van der Waals surface area contributed by atoms with Crippen molar-refractivity contribution in [1.82, 2.24) is 9.80 Å². The zero-order valence-electron chi connectivity index (χ0n) is 17.7. The number of esters is 1. The van der Waals surface area contributed by atoms with Gasteiger partial charge >= 0.3 is 5.97 Å². The smallest absolute Gasteiger partial charge is 0.339 e. The fraction of sp³-hybridized carbons (Fsp3) is 0.391. The summed E-state index contributed by atoms with van der Waals surface area (Å²) in [6.45, 7) is 5.93. The van der Waals surface area contributed by atoms with Crippen LogP contribution in [0.15, 0.2) is 48.5 Å². The maximum Gasteiger partial charge on any atom is 0.339 e. The number of ether oxygens (including phenoxy) is 2. The second kappa shape index (κ2) is 12.0. The number of anilines is 1. The van der Waals surface area contributed by atoms with E-state index in [-0.39, 0.29) is 0 Å². The summed E-state index contributed by atoms with van der Waals surface area (Å²) in [7, 11) is 1.37. The second-order valence-electron chi connectivity index (χ2n) is 7.32. The van der Waals surface area contributed by atoms with Crippen LogP contribution >= 0.6 is 23.8 Å². The number of hydrogen-bond acceptors (Lipinski definition) is 5. The average Bonchev–Trinajstić information content (AvgIpc) is 2.80. The molecule has 166 valence electrons. The third-order valence-corrected chi connectivity index (χ3v) is 5.77. The van der Waals surface area contributed by atoms with Crippen molar-refractivity contribution >= 4 is 40.6 Å². The van der Waals surface area contributed by atoms with Crippen molar-refractivity contribution in [2.24, 2.45) is 0 Å². The Labute approximate surface area is 194 Å². The number of rotatable bonds is 8. The van der Waals surface area contributed by atoms with Crippen molar-refractivity contribution in [2.45, 2.75) is 13.0 Å². The molecule has 1 aliphatic heterocycles. The van der Waals surface area contributed by atoms with E-state index in [1.54, 1.807) is 12.1 Å². The SMILES string of the molecule is COC(=O)c1ccccc1NC(=S)N(CCCN1CCOCC1)Cc1ccc(Cl)cc1. The average molecular weight is 462 g/mol. The number of hydrogen-bond donors (Lipinski definition) is 1. The molecule has 2 aromatic carbocycles. The lowest BCUT2D eigenvalue weighted by Gasteiger charge is -2.30. The highest BCUT2D eigenvalue weighted by atomic mass is 35.5. The lowest BCUT2D eigenvalue weighted by molar-refractivity contribution is 0.0367. The van der Waals surface area contributed by atoms with Crippen LogP contribution in [0.4, 0.5) is 5.69 Å². The summed E-state index contributed by atoms with van der Waals surface area (Å²) >= 11 is 11.8. The number of benzene rings is 2. The number of nitrogens with one attached hydrogen (secondary N) is 1. The van der Waals surface area contributed by atoms with Crippen LogP contribution in [0.3, 0.4) is 0 Å². The molecule has 0 spiro atoms. The lowest BCUT2D eigenvalue weighted by Crippen LogP contribution is -2.40. The Morgan fingerprint density at radius 3 is 2.61 bits per heavy atom. The first-order valence-electron chi connectivity index (χ1n) is 10.3. The van der Waals surface area contributed by atoms with Gasteiger partial charge in [-0.1, -0.05) is 35.9 Å². The van der Waals surface area contributed by atoms with E-state index in [2.05, 4.69) is 15.1 Å². The first kappa shape index (κ1) is 23.5. The predicted octanol–water partition coefficient (Wildman–Crippen LogP) is 4.05. The van der Waals surface area contributed by atoms with Crippen LogP contribution in [0.1, 0.15) is 22.3 Å². The van der Waals surface area contributed by atoms with Crippen LogP contribution < -0.4 is 5.32 Å². The van der Waals surface area contributed by atoms with Crippen molar-refractivity contribution in [3.63, 3.8) is 0 Å². The highest BCUT2D eigenvalue weighted by Gasteiger charge is 2.17. The fourth-order valence-electron chi connectivity index (χ4n) is 3.45. The first-order valence-corrected chi connectivity index (χ1v) is 11.1. The van der Waals surface area contributed by atoms with Crippen LogP contribution in [-0.2, 0) is 16.0 Å². The summed E-state index contributed by atoms with van der Waals surface area (Å²) in [5.41, 5.74) is 2.20. The molecular weight excluding hydrogens is 434 g/mol. The van der Waals surface area contributed by atoms with Crippen LogP contribution in [0.2, 0.25) is 5.02 Å². The van der Waals surface area contributed by atoms with Gasteiger partial charge in [0.25, 0.3) is 0 Å². The topological polar surface area (TPSA) is 54.0 Å². The molecule has 2 aromatic rings. The standard InChI is InChI=1S/C23H28ClN3O3S/c1-29-22(28)20-5-2-3-6-21(20)25-23(31)27(17-18-7-9-19(24)10-8-18)12-4-11-26-13-15-30-16-14-26/h2-3,5-10H,4,11-17H2,1H3,(H,25,31). The molecule has 0 radical (unpaired) electrons. The summed E-state index contributed by atoms with van der Waals surface area (Å²) in [5, 5.41) is 4.51. The van der Waals surface area contributed by atoms with E-state index in [0.29, 0.717) is 27.9 Å². The van der Waals surface area contributed by atoms with Crippen molar-refractivity contribution in [2.75, 3.05) is 51.8 Å². The van der Waals surface area contributed by atoms with Crippen molar-refractivity contribution in [3.8, 4) is 0 Å². The number of thiocarbonyl (C=S) groups is 1. The van der Waals surface area contributed by atoms with Gasteiger partial charge in [-0.3, -0.25) is 4.90 Å². The minimum atomic E-state index is -0.400. The Morgan fingerprint density at radius 1 is 1.19 bits per heavy atom. The van der Waals surface area contributed by atoms with Gasteiger partial charge in [0, 0.05) is 37.7 Å². The molecule has 0 unspecified atom stereocenters. The van der Waals surface area contributed by atoms with Crippen LogP contribution in [0.25, 0.3) is 0 Å². The Bertz CT molecular complexity index is 873. The molecule has 0 aliphatic carbocycles. The third-order valence-electron chi connectivity index (χ3n) is 5.15. The van der Waals surface area contributed by atoms with Crippen LogP contribution in [-0.4, -0.2) is 67.4 Å². The quantitative estimate of drug-likeness (QED) is 0.470. The van der Waals surface area contributed by atoms with Gasteiger partial charge in [0.15, 0.2) is 5.11 Å². The molecule has 0 bridgehead atoms. The first-order chi connectivity index (χ1) is 15.1. The van der Waals surface area contributed by atoms with Crippen molar-refractivity contribution < 1.29 is 14.3 Å². The molecule has 0 atom stereocenters. The van der Waals surface area contributed by atoms with E-state index in [9.17, 15) is 4.79 Å². The number of methoxy groups -OCH3 is 1. The highest BCUT2D eigenvalue weighted by molar-refractivity contribution is 7.80. The Balaban J connectivity index is 1.69. The van der Waals surface area contributed by atoms with Gasteiger partial charge in [0.1, 0.15) is 0 Å². The molecule has 1 saturated heterocycles. The Kier molecular flexibility index (Phi) is 9.09. The number of nitrogens with zero attached hydrogens (tertiary/aromatic N) is 2. The molecule has 8 heteroatoms. The molecule has 0 saturated carbocycles. The summed E-state index contributed by atoms with van der Waals surface area (Å²) < 4.78 is 10.3. The zero-order valence-corrected chi connectivity index (χ0v) is 19.3. The van der Waals surface area contributed by atoms with Gasteiger partial charge in [-0.15, -0.1) is 0 Å². The lowest BCUT2D eigenvalue weighted by atomic mass is 10.2. The van der Waals surface area contributed by atoms with Crippen LogP contribution in [0.5, 0.6) is 0 Å². The number of carbonyl (C=O) groups excluding carboxylic acids is 1. The zero-order chi connectivity index (χ0) is 22.1. The van der Waals surface area contributed by atoms with Crippen molar-refractivity contribution in [1.29, 1.82) is 0 Å². The summed E-state index contributed by atoms with van der Waals surface area (Å²) in [6, 6.07) is 15.0. The Morgan fingerprint density at radius 2 is 1.90 bits per heavy atom. The van der Waals surface area contributed by atoms with Gasteiger partial charge in [0.2, 0.25) is 0 Å². The van der Waals surface area contributed by atoms with E-state index in [4.69, 9.17) is 33.3 Å². The van der Waals surface area contributed by atoms with Crippen molar-refractivity contribution in [3.05, 3.63) is 64.7 Å². The number of carbonyl (C=O) groups is 1. The van der Waals surface area contributed by atoms with Crippen LogP contribution in [0, 0.1) is 0 Å². The van der Waals surface area contributed by atoms with Gasteiger partial charge in [0.05, 0.1) is 31.6 Å². The van der Waals surface area contributed by atoms with Gasteiger partial charge < -0.3 is 19.7 Å². The minimum absolute atomic E-state index is 0.400. The van der Waals surface area contributed by atoms with E-state index < -0.39 is 5.97 Å². The normalized spacial score (nSPS) is 14.1. The molecule has 1 heterocycles. The van der Waals surface area contributed by atoms with Gasteiger partial charge in [-0.2, -0.15) is 0 Å².